The Morgan fingerprint density at radius 1 is 1.09 bits per heavy atom. The molecular formula is C18H23FN4. The molecule has 0 atom stereocenters. The highest BCUT2D eigenvalue weighted by atomic mass is 19.1. The summed E-state index contributed by atoms with van der Waals surface area (Å²) in [5.74, 6) is 0.554. The van der Waals surface area contributed by atoms with Crippen molar-refractivity contribution in [2.24, 2.45) is 4.99 Å². The molecule has 0 unspecified atom stereocenters. The Kier molecular flexibility index (Phi) is 6.54. The van der Waals surface area contributed by atoms with Gasteiger partial charge in [0, 0.05) is 32.0 Å². The van der Waals surface area contributed by atoms with Crippen LogP contribution in [0.3, 0.4) is 0 Å². The third-order valence-corrected chi connectivity index (χ3v) is 3.50. The summed E-state index contributed by atoms with van der Waals surface area (Å²) in [5, 5.41) is 6.50. The summed E-state index contributed by atoms with van der Waals surface area (Å²) >= 11 is 0. The molecule has 0 aliphatic rings. The quantitative estimate of drug-likeness (QED) is 0.636. The van der Waals surface area contributed by atoms with Crippen LogP contribution in [0.4, 0.5) is 4.39 Å². The van der Waals surface area contributed by atoms with Gasteiger partial charge in [-0.3, -0.25) is 9.98 Å². The van der Waals surface area contributed by atoms with E-state index in [9.17, 15) is 4.39 Å². The smallest absolute Gasteiger partial charge is 0.190 e. The van der Waals surface area contributed by atoms with Gasteiger partial charge in [-0.15, -0.1) is 0 Å². The Balaban J connectivity index is 1.70. The zero-order valence-electron chi connectivity index (χ0n) is 13.6. The van der Waals surface area contributed by atoms with Gasteiger partial charge in [0.05, 0.1) is 0 Å². The third kappa shape index (κ3) is 6.06. The first kappa shape index (κ1) is 16.9. The van der Waals surface area contributed by atoms with E-state index in [1.54, 1.807) is 19.2 Å². The predicted molar refractivity (Wildman–Crippen MR) is 92.1 cm³/mol. The molecule has 0 spiro atoms. The average Bonchev–Trinajstić information content (AvgIpc) is 2.55. The van der Waals surface area contributed by atoms with E-state index < -0.39 is 0 Å². The molecule has 0 amide bonds. The van der Waals surface area contributed by atoms with Crippen molar-refractivity contribution in [3.63, 3.8) is 0 Å². The number of nitrogens with zero attached hydrogens (tertiary/aromatic N) is 2. The van der Waals surface area contributed by atoms with Crippen molar-refractivity contribution in [1.82, 2.24) is 15.6 Å². The standard InChI is InChI=1S/C18H23FN4/c1-14-6-7-16(13-23-14)9-11-22-18(20-2)21-10-8-15-4-3-5-17(19)12-15/h3-7,12-13H,8-11H2,1-2H3,(H2,20,21,22). The molecule has 1 heterocycles. The van der Waals surface area contributed by atoms with Gasteiger partial charge in [0.15, 0.2) is 5.96 Å². The molecule has 2 aromatic rings. The van der Waals surface area contributed by atoms with Crippen molar-refractivity contribution in [1.29, 1.82) is 0 Å². The van der Waals surface area contributed by atoms with Crippen LogP contribution in [0.2, 0.25) is 0 Å². The normalized spacial score (nSPS) is 11.3. The Morgan fingerprint density at radius 2 is 1.83 bits per heavy atom. The fourth-order valence-corrected chi connectivity index (χ4v) is 2.21. The highest BCUT2D eigenvalue weighted by molar-refractivity contribution is 5.79. The maximum absolute atomic E-state index is 13.1. The van der Waals surface area contributed by atoms with Crippen LogP contribution in [-0.2, 0) is 12.8 Å². The number of aromatic nitrogens is 1. The summed E-state index contributed by atoms with van der Waals surface area (Å²) in [6.07, 6.45) is 3.54. The average molecular weight is 314 g/mol. The lowest BCUT2D eigenvalue weighted by atomic mass is 10.1. The fourth-order valence-electron chi connectivity index (χ4n) is 2.21. The minimum Gasteiger partial charge on any atom is -0.356 e. The molecule has 122 valence electrons. The van der Waals surface area contributed by atoms with Crippen LogP contribution in [0, 0.1) is 12.7 Å². The van der Waals surface area contributed by atoms with Crippen molar-refractivity contribution >= 4 is 5.96 Å². The van der Waals surface area contributed by atoms with E-state index in [1.807, 2.05) is 25.3 Å². The number of hydrogen-bond donors (Lipinski definition) is 2. The van der Waals surface area contributed by atoms with Gasteiger partial charge < -0.3 is 10.6 Å². The Labute approximate surface area is 136 Å². The number of aliphatic imine (C=N–C) groups is 1. The van der Waals surface area contributed by atoms with Gasteiger partial charge in [-0.05, 0) is 49.1 Å². The van der Waals surface area contributed by atoms with E-state index in [0.717, 1.165) is 36.6 Å². The third-order valence-electron chi connectivity index (χ3n) is 3.50. The van der Waals surface area contributed by atoms with Gasteiger partial charge in [-0.25, -0.2) is 4.39 Å². The molecular weight excluding hydrogens is 291 g/mol. The maximum atomic E-state index is 13.1. The lowest BCUT2D eigenvalue weighted by molar-refractivity contribution is 0.625. The molecule has 1 aromatic heterocycles. The van der Waals surface area contributed by atoms with Gasteiger partial charge in [0.25, 0.3) is 0 Å². The van der Waals surface area contributed by atoms with Crippen molar-refractivity contribution in [3.8, 4) is 0 Å². The van der Waals surface area contributed by atoms with Crippen LogP contribution in [0.25, 0.3) is 0 Å². The van der Waals surface area contributed by atoms with Crippen molar-refractivity contribution < 1.29 is 4.39 Å². The number of nitrogens with one attached hydrogen (secondary N) is 2. The van der Waals surface area contributed by atoms with Crippen molar-refractivity contribution in [2.45, 2.75) is 19.8 Å². The molecule has 4 nitrogen and oxygen atoms in total. The number of halogens is 1. The molecule has 2 N–H and O–H groups in total. The second-order valence-corrected chi connectivity index (χ2v) is 5.36. The first-order valence-electron chi connectivity index (χ1n) is 7.78. The van der Waals surface area contributed by atoms with Crippen LogP contribution in [0.1, 0.15) is 16.8 Å². The number of benzene rings is 1. The molecule has 0 aliphatic carbocycles. The van der Waals surface area contributed by atoms with Crippen LogP contribution < -0.4 is 10.6 Å². The molecule has 5 heteroatoms. The van der Waals surface area contributed by atoms with E-state index in [4.69, 9.17) is 0 Å². The van der Waals surface area contributed by atoms with Crippen LogP contribution in [-0.4, -0.2) is 31.1 Å². The summed E-state index contributed by atoms with van der Waals surface area (Å²) in [5.41, 5.74) is 3.19. The second kappa shape index (κ2) is 8.88. The molecule has 0 radical (unpaired) electrons. The highest BCUT2D eigenvalue weighted by Crippen LogP contribution is 2.03. The van der Waals surface area contributed by atoms with Gasteiger partial charge >= 0.3 is 0 Å². The second-order valence-electron chi connectivity index (χ2n) is 5.36. The molecule has 0 saturated carbocycles. The minimum absolute atomic E-state index is 0.197. The molecule has 0 bridgehead atoms. The van der Waals surface area contributed by atoms with Crippen LogP contribution >= 0.6 is 0 Å². The number of guanidine groups is 1. The highest BCUT2D eigenvalue weighted by Gasteiger charge is 2.00. The van der Waals surface area contributed by atoms with Crippen molar-refractivity contribution in [3.05, 3.63) is 65.2 Å². The largest absolute Gasteiger partial charge is 0.356 e. The summed E-state index contributed by atoms with van der Waals surface area (Å²) in [4.78, 5) is 8.47. The van der Waals surface area contributed by atoms with Gasteiger partial charge in [0.1, 0.15) is 5.82 Å². The molecule has 2 rings (SSSR count). The monoisotopic (exact) mass is 314 g/mol. The number of rotatable bonds is 6. The van der Waals surface area contributed by atoms with Gasteiger partial charge in [-0.2, -0.15) is 0 Å². The molecule has 23 heavy (non-hydrogen) atoms. The SMILES string of the molecule is CN=C(NCCc1ccc(C)nc1)NCCc1cccc(F)c1. The predicted octanol–water partition coefficient (Wildman–Crippen LogP) is 2.48. The Bertz CT molecular complexity index is 638. The molecule has 0 saturated heterocycles. The van der Waals surface area contributed by atoms with Crippen LogP contribution in [0.15, 0.2) is 47.6 Å². The zero-order chi connectivity index (χ0) is 16.5. The van der Waals surface area contributed by atoms with E-state index in [1.165, 1.54) is 11.6 Å². The maximum Gasteiger partial charge on any atom is 0.190 e. The number of aryl methyl sites for hydroxylation is 1. The first-order chi connectivity index (χ1) is 11.2. The van der Waals surface area contributed by atoms with E-state index >= 15 is 0 Å². The number of hydrogen-bond acceptors (Lipinski definition) is 2. The Hall–Kier alpha value is -2.43. The lowest BCUT2D eigenvalue weighted by Gasteiger charge is -2.12. The van der Waals surface area contributed by atoms with E-state index in [2.05, 4.69) is 26.7 Å². The zero-order valence-corrected chi connectivity index (χ0v) is 13.6. The van der Waals surface area contributed by atoms with Crippen LogP contribution in [0.5, 0.6) is 0 Å². The summed E-state index contributed by atoms with van der Waals surface area (Å²) < 4.78 is 13.1. The van der Waals surface area contributed by atoms with E-state index in [0.29, 0.717) is 6.54 Å². The van der Waals surface area contributed by atoms with E-state index in [-0.39, 0.29) is 5.82 Å². The summed E-state index contributed by atoms with van der Waals surface area (Å²) in [7, 11) is 1.74. The van der Waals surface area contributed by atoms with Crippen molar-refractivity contribution in [2.75, 3.05) is 20.1 Å². The lowest BCUT2D eigenvalue weighted by Crippen LogP contribution is -2.39. The Morgan fingerprint density at radius 3 is 2.43 bits per heavy atom. The van der Waals surface area contributed by atoms with Gasteiger partial charge in [-0.1, -0.05) is 18.2 Å². The molecule has 1 aromatic carbocycles. The minimum atomic E-state index is -0.197. The number of pyridine rings is 1. The first-order valence-corrected chi connectivity index (χ1v) is 7.78. The van der Waals surface area contributed by atoms with Gasteiger partial charge in [0.2, 0.25) is 0 Å². The summed E-state index contributed by atoms with van der Waals surface area (Å²) in [6, 6.07) is 10.8. The molecule has 0 fully saturated rings. The topological polar surface area (TPSA) is 49.3 Å². The summed E-state index contributed by atoms with van der Waals surface area (Å²) in [6.45, 7) is 3.46. The molecule has 0 aliphatic heterocycles. The fraction of sp³-hybridized carbons (Fsp3) is 0.333.